The molecule has 1 aliphatic rings. The highest BCUT2D eigenvalue weighted by Gasteiger charge is 2.22. The van der Waals surface area contributed by atoms with E-state index in [9.17, 15) is 5.11 Å². The average molecular weight is 743 g/mol. The van der Waals surface area contributed by atoms with Gasteiger partial charge in [-0.25, -0.2) is 0 Å². The number of fused-ring (bicyclic) bond motifs is 4. The zero-order chi connectivity index (χ0) is 39.9. The largest absolute Gasteiger partial charge is 0.508 e. The van der Waals surface area contributed by atoms with Crippen LogP contribution in [0.2, 0.25) is 0 Å². The van der Waals surface area contributed by atoms with Crippen LogP contribution in [-0.4, -0.2) is 36.5 Å². The second-order valence-corrected chi connectivity index (χ2v) is 15.3. The molecular formula is C51H41B4NO2. The Balaban J connectivity index is 1.08. The number of aromatic hydroxyl groups is 1. The van der Waals surface area contributed by atoms with Crippen LogP contribution >= 0.6 is 0 Å². The molecule has 8 aromatic carbocycles. The first-order valence-electron chi connectivity index (χ1n) is 19.9. The van der Waals surface area contributed by atoms with Crippen molar-refractivity contribution < 1.29 is 9.84 Å². The molecule has 0 bridgehead atoms. The molecule has 8 aromatic rings. The number of rotatable bonds is 6. The van der Waals surface area contributed by atoms with Gasteiger partial charge in [0, 0.05) is 28.0 Å². The number of hydrogen-bond donors (Lipinski definition) is 1. The molecular weight excluding hydrogens is 702 g/mol. The molecule has 0 amide bonds. The summed E-state index contributed by atoms with van der Waals surface area (Å²) in [5.41, 5.74) is 15.0. The highest BCUT2D eigenvalue weighted by molar-refractivity contribution is 6.64. The first-order valence-corrected chi connectivity index (χ1v) is 19.9. The minimum atomic E-state index is 0.336. The van der Waals surface area contributed by atoms with Crippen LogP contribution in [0.25, 0.3) is 49.4 Å². The number of hydrogen-bond acceptors (Lipinski definition) is 3. The Labute approximate surface area is 344 Å². The van der Waals surface area contributed by atoms with Crippen molar-refractivity contribution in [1.82, 2.24) is 0 Å². The van der Waals surface area contributed by atoms with E-state index in [0.29, 0.717) is 17.9 Å². The Kier molecular flexibility index (Phi) is 9.67. The molecule has 58 heavy (non-hydrogen) atoms. The summed E-state index contributed by atoms with van der Waals surface area (Å²) in [7, 11) is 8.33. The number of para-hydroxylation sites is 1. The quantitative estimate of drug-likeness (QED) is 0.195. The SMILES string of the molecule is Bc1c(B)c(B)c(-c2cc3c(c4ccccc24)OC(=C)/C=C\C(c2ccc(N(c4ccccc4)c4ccc(-c5ccc6ccccc6c5)cc4)cc2)=C/C3)c(O)c1B. The van der Waals surface area contributed by atoms with E-state index < -0.39 is 0 Å². The number of benzene rings is 8. The summed E-state index contributed by atoms with van der Waals surface area (Å²) in [4.78, 5) is 2.30. The van der Waals surface area contributed by atoms with Crippen LogP contribution in [0.15, 0.2) is 182 Å². The van der Waals surface area contributed by atoms with E-state index in [-0.39, 0.29) is 0 Å². The first-order chi connectivity index (χ1) is 28.2. The molecule has 1 aliphatic heterocycles. The van der Waals surface area contributed by atoms with Crippen LogP contribution in [0, 0.1) is 0 Å². The molecule has 3 nitrogen and oxygen atoms in total. The summed E-state index contributed by atoms with van der Waals surface area (Å²) in [6, 6.07) is 53.8. The lowest BCUT2D eigenvalue weighted by molar-refractivity contribution is 0.448. The number of anilines is 3. The van der Waals surface area contributed by atoms with Gasteiger partial charge in [0.05, 0.1) is 0 Å². The Morgan fingerprint density at radius 1 is 0.534 bits per heavy atom. The molecule has 0 aromatic heterocycles. The predicted octanol–water partition coefficient (Wildman–Crippen LogP) is 6.62. The van der Waals surface area contributed by atoms with Gasteiger partial charge in [0.1, 0.15) is 48.6 Å². The van der Waals surface area contributed by atoms with Crippen molar-refractivity contribution >= 4 is 97.4 Å². The number of ether oxygens (including phenoxy) is 1. The maximum Gasteiger partial charge on any atom is 0.143 e. The minimum Gasteiger partial charge on any atom is -0.508 e. The molecule has 0 spiro atoms. The molecule has 1 N–H and O–H groups in total. The fourth-order valence-electron chi connectivity index (χ4n) is 8.36. The fourth-order valence-corrected chi connectivity index (χ4v) is 8.36. The van der Waals surface area contributed by atoms with Gasteiger partial charge in [0.2, 0.25) is 0 Å². The summed E-state index contributed by atoms with van der Waals surface area (Å²) in [6.45, 7) is 4.29. The maximum absolute atomic E-state index is 11.6. The molecule has 0 radical (unpaired) electrons. The summed E-state index contributed by atoms with van der Waals surface area (Å²) < 4.78 is 6.55. The van der Waals surface area contributed by atoms with Crippen LogP contribution in [0.4, 0.5) is 17.1 Å². The molecule has 0 saturated carbocycles. The van der Waals surface area contributed by atoms with E-state index in [0.717, 1.165) is 77.8 Å². The van der Waals surface area contributed by atoms with E-state index in [4.69, 9.17) is 4.74 Å². The molecule has 7 heteroatoms. The molecule has 0 aliphatic carbocycles. The van der Waals surface area contributed by atoms with E-state index in [1.54, 1.807) is 0 Å². The van der Waals surface area contributed by atoms with Gasteiger partial charge < -0.3 is 14.7 Å². The number of phenols is 1. The van der Waals surface area contributed by atoms with E-state index in [1.807, 2.05) is 26.1 Å². The maximum atomic E-state index is 11.6. The number of phenolic OH excluding ortho intramolecular Hbond substituents is 1. The topological polar surface area (TPSA) is 32.7 Å². The van der Waals surface area contributed by atoms with Crippen molar-refractivity contribution in [1.29, 1.82) is 0 Å². The zero-order valence-corrected chi connectivity index (χ0v) is 33.4. The van der Waals surface area contributed by atoms with Crippen molar-refractivity contribution in [3.05, 3.63) is 193 Å². The minimum absolute atomic E-state index is 0.336. The smallest absolute Gasteiger partial charge is 0.143 e. The molecule has 0 fully saturated rings. The van der Waals surface area contributed by atoms with E-state index >= 15 is 0 Å². The Morgan fingerprint density at radius 3 is 1.84 bits per heavy atom. The number of allylic oxidation sites excluding steroid dienone is 4. The third kappa shape index (κ3) is 6.73. The Morgan fingerprint density at radius 2 is 1.12 bits per heavy atom. The molecule has 274 valence electrons. The van der Waals surface area contributed by atoms with Crippen molar-refractivity contribution in [3.8, 4) is 33.8 Å². The summed E-state index contributed by atoms with van der Waals surface area (Å²) in [5, 5.41) is 16.1. The van der Waals surface area contributed by atoms with E-state index in [2.05, 4.69) is 187 Å². The third-order valence-corrected chi connectivity index (χ3v) is 11.9. The van der Waals surface area contributed by atoms with Gasteiger partial charge in [-0.2, -0.15) is 0 Å². The lowest BCUT2D eigenvalue weighted by Gasteiger charge is -2.26. The monoisotopic (exact) mass is 743 g/mol. The normalized spacial score (nSPS) is 14.1. The average Bonchev–Trinajstić information content (AvgIpc) is 3.34. The van der Waals surface area contributed by atoms with Crippen LogP contribution in [0.3, 0.4) is 0 Å². The summed E-state index contributed by atoms with van der Waals surface area (Å²) >= 11 is 0. The third-order valence-electron chi connectivity index (χ3n) is 11.9. The fraction of sp³-hybridized carbons (Fsp3) is 0.0196. The molecule has 0 unspecified atom stereocenters. The molecule has 0 atom stereocenters. The predicted molar refractivity (Wildman–Crippen MR) is 258 cm³/mol. The van der Waals surface area contributed by atoms with Gasteiger partial charge >= 0.3 is 0 Å². The standard InChI is InChI=1S/C51H41B4NO2/c1-31-15-16-33(18-20-38-30-44(42-13-7-8-14-43(42)51(38)58-31)45-46(52)47(53)48(54)49(55)50(45)57)34-21-25-40(26-22-34)56(39-11-3-2-4-12-39)41-27-23-35(24-28-41)37-19-17-32-9-5-6-10-36(32)29-37/h2-19,21-30,57H,1,20,52-55H2/b16-15-,33-18+. The van der Waals surface area contributed by atoms with Crippen LogP contribution in [-0.2, 0) is 6.42 Å². The molecule has 1 heterocycles. The second-order valence-electron chi connectivity index (χ2n) is 15.3. The van der Waals surface area contributed by atoms with Crippen LogP contribution in [0.5, 0.6) is 11.5 Å². The lowest BCUT2D eigenvalue weighted by Crippen LogP contribution is -2.48. The van der Waals surface area contributed by atoms with Crippen molar-refractivity contribution in [3.63, 3.8) is 0 Å². The van der Waals surface area contributed by atoms with Gasteiger partial charge in [0.25, 0.3) is 0 Å². The molecule has 0 saturated heterocycles. The zero-order valence-electron chi connectivity index (χ0n) is 33.4. The van der Waals surface area contributed by atoms with Crippen LogP contribution < -0.4 is 31.5 Å². The highest BCUT2D eigenvalue weighted by atomic mass is 16.5. The van der Waals surface area contributed by atoms with Crippen molar-refractivity contribution in [2.75, 3.05) is 4.90 Å². The summed E-state index contributed by atoms with van der Waals surface area (Å²) in [5.74, 6) is 1.69. The summed E-state index contributed by atoms with van der Waals surface area (Å²) in [6.07, 6.45) is 6.94. The van der Waals surface area contributed by atoms with Gasteiger partial charge in [-0.3, -0.25) is 0 Å². The van der Waals surface area contributed by atoms with Crippen molar-refractivity contribution in [2.45, 2.75) is 6.42 Å². The number of nitrogens with zero attached hydrogens (tertiary/aromatic N) is 1. The van der Waals surface area contributed by atoms with E-state index in [1.165, 1.54) is 27.4 Å². The second kappa shape index (κ2) is 15.2. The Hall–Kier alpha value is -6.84. The Bertz CT molecular complexity index is 2930. The van der Waals surface area contributed by atoms with Crippen molar-refractivity contribution in [2.24, 2.45) is 0 Å². The van der Waals surface area contributed by atoms with Gasteiger partial charge in [-0.15, -0.1) is 5.46 Å². The van der Waals surface area contributed by atoms with Crippen LogP contribution in [0.1, 0.15) is 11.1 Å². The first kappa shape index (κ1) is 36.8. The van der Waals surface area contributed by atoms with Gasteiger partial charge in [-0.1, -0.05) is 138 Å². The van der Waals surface area contributed by atoms with Gasteiger partial charge in [-0.05, 0) is 111 Å². The van der Waals surface area contributed by atoms with Gasteiger partial charge in [0.15, 0.2) is 0 Å². The molecule has 9 rings (SSSR count). The highest BCUT2D eigenvalue weighted by Crippen LogP contribution is 2.42. The lowest BCUT2D eigenvalue weighted by atomic mass is 9.64.